The van der Waals surface area contributed by atoms with Crippen molar-refractivity contribution < 1.29 is 5.11 Å². The predicted molar refractivity (Wildman–Crippen MR) is 84.9 cm³/mol. The number of aliphatic hydroxyl groups excluding tert-OH is 1. The molecule has 0 atom stereocenters. The van der Waals surface area contributed by atoms with Crippen molar-refractivity contribution in [1.82, 2.24) is 4.98 Å². The van der Waals surface area contributed by atoms with Crippen molar-refractivity contribution >= 4 is 17.4 Å². The summed E-state index contributed by atoms with van der Waals surface area (Å²) < 4.78 is 0. The molecule has 20 heavy (non-hydrogen) atoms. The molecule has 3 nitrogen and oxygen atoms in total. The van der Waals surface area contributed by atoms with E-state index in [9.17, 15) is 0 Å². The first kappa shape index (κ1) is 14.9. The Hall–Kier alpha value is -1.52. The second-order valence-corrected chi connectivity index (χ2v) is 5.60. The lowest BCUT2D eigenvalue weighted by molar-refractivity contribution is 0.282. The van der Waals surface area contributed by atoms with Gasteiger partial charge in [0.1, 0.15) is 0 Å². The summed E-state index contributed by atoms with van der Waals surface area (Å²) in [7, 11) is 0. The fraction of sp³-hybridized carbons (Fsp3) is 0.312. The third-order valence-electron chi connectivity index (χ3n) is 2.89. The highest BCUT2D eigenvalue weighted by atomic mass is 32.2. The Labute approximate surface area is 124 Å². The van der Waals surface area contributed by atoms with E-state index in [1.54, 1.807) is 11.8 Å². The number of nitrogens with zero attached hydrogens (tertiary/aromatic N) is 1. The van der Waals surface area contributed by atoms with Gasteiger partial charge in [-0.2, -0.15) is 0 Å². The minimum Gasteiger partial charge on any atom is -0.392 e. The van der Waals surface area contributed by atoms with Gasteiger partial charge in [-0.3, -0.25) is 4.98 Å². The van der Waals surface area contributed by atoms with E-state index in [0.29, 0.717) is 0 Å². The van der Waals surface area contributed by atoms with E-state index in [1.807, 2.05) is 36.5 Å². The van der Waals surface area contributed by atoms with Gasteiger partial charge in [-0.25, -0.2) is 0 Å². The zero-order valence-corrected chi connectivity index (χ0v) is 12.5. The lowest BCUT2D eigenvalue weighted by Gasteiger charge is -2.07. The van der Waals surface area contributed by atoms with E-state index in [0.717, 1.165) is 35.7 Å². The number of benzene rings is 1. The molecule has 2 rings (SSSR count). The number of anilines is 1. The Balaban J connectivity index is 1.92. The minimum absolute atomic E-state index is 0.0949. The van der Waals surface area contributed by atoms with E-state index in [2.05, 4.69) is 23.3 Å². The summed E-state index contributed by atoms with van der Waals surface area (Å²) in [4.78, 5) is 5.59. The summed E-state index contributed by atoms with van der Waals surface area (Å²) in [5.41, 5.74) is 3.15. The van der Waals surface area contributed by atoms with Crippen LogP contribution in [0.1, 0.15) is 24.6 Å². The van der Waals surface area contributed by atoms with E-state index < -0.39 is 0 Å². The molecule has 1 heterocycles. The van der Waals surface area contributed by atoms with Gasteiger partial charge in [-0.15, -0.1) is 11.8 Å². The lowest BCUT2D eigenvalue weighted by Crippen LogP contribution is -2.00. The summed E-state index contributed by atoms with van der Waals surface area (Å²) in [5, 5.41) is 12.4. The molecular weight excluding hydrogens is 268 g/mol. The van der Waals surface area contributed by atoms with Gasteiger partial charge >= 0.3 is 0 Å². The molecule has 0 amide bonds. The van der Waals surface area contributed by atoms with E-state index >= 15 is 0 Å². The van der Waals surface area contributed by atoms with Crippen molar-refractivity contribution in [3.8, 4) is 0 Å². The molecule has 0 unspecified atom stereocenters. The molecule has 0 saturated carbocycles. The zero-order valence-electron chi connectivity index (χ0n) is 11.7. The largest absolute Gasteiger partial charge is 0.392 e. The van der Waals surface area contributed by atoms with Crippen LogP contribution in [0, 0.1) is 0 Å². The van der Waals surface area contributed by atoms with Gasteiger partial charge in [0.05, 0.1) is 12.3 Å². The maximum Gasteiger partial charge on any atom is 0.0681 e. The summed E-state index contributed by atoms with van der Waals surface area (Å²) in [6.07, 6.45) is 2.96. The second-order valence-electron chi connectivity index (χ2n) is 4.55. The molecule has 0 bridgehead atoms. The van der Waals surface area contributed by atoms with Crippen LogP contribution in [0.4, 0.5) is 5.69 Å². The minimum atomic E-state index is 0.0949. The Morgan fingerprint density at radius 3 is 2.70 bits per heavy atom. The van der Waals surface area contributed by atoms with Crippen LogP contribution in [-0.2, 0) is 12.4 Å². The van der Waals surface area contributed by atoms with Gasteiger partial charge < -0.3 is 10.4 Å². The van der Waals surface area contributed by atoms with Gasteiger partial charge in [-0.1, -0.05) is 19.1 Å². The molecule has 0 aliphatic rings. The number of pyridine rings is 1. The molecule has 0 fully saturated rings. The fourth-order valence-corrected chi connectivity index (χ4v) is 2.59. The maximum atomic E-state index is 9.01. The average Bonchev–Trinajstić information content (AvgIpc) is 2.52. The van der Waals surface area contributed by atoms with E-state index in [-0.39, 0.29) is 6.61 Å². The van der Waals surface area contributed by atoms with Crippen molar-refractivity contribution in [3.05, 3.63) is 53.9 Å². The Bertz CT molecular complexity index is 528. The number of rotatable bonds is 7. The van der Waals surface area contributed by atoms with Crippen LogP contribution in [0.25, 0.3) is 0 Å². The summed E-state index contributed by atoms with van der Waals surface area (Å²) >= 11 is 1.75. The number of hydrogen-bond donors (Lipinski definition) is 2. The third kappa shape index (κ3) is 4.54. The van der Waals surface area contributed by atoms with Crippen molar-refractivity contribution in [1.29, 1.82) is 0 Å². The van der Waals surface area contributed by atoms with Gasteiger partial charge in [0, 0.05) is 29.1 Å². The normalized spacial score (nSPS) is 10.5. The predicted octanol–water partition coefficient (Wildman–Crippen LogP) is 3.69. The average molecular weight is 288 g/mol. The van der Waals surface area contributed by atoms with Gasteiger partial charge in [0.15, 0.2) is 0 Å². The smallest absolute Gasteiger partial charge is 0.0681 e. The number of thioether (sulfide) groups is 1. The number of aliphatic hydroxyl groups is 1. The molecule has 0 aliphatic carbocycles. The standard InChI is InChI=1S/C16H20N2OS/c1-2-8-17-14-7-9-18-15(10-14)12-20-16-5-3-13(11-19)4-6-16/h3-7,9-10,19H,2,8,11-12H2,1H3,(H,17,18). The molecule has 106 valence electrons. The van der Waals surface area contributed by atoms with Crippen molar-refractivity contribution in [2.75, 3.05) is 11.9 Å². The zero-order chi connectivity index (χ0) is 14.2. The molecular formula is C16H20N2OS. The van der Waals surface area contributed by atoms with Crippen LogP contribution in [0.2, 0.25) is 0 Å². The highest BCUT2D eigenvalue weighted by Gasteiger charge is 2.00. The highest BCUT2D eigenvalue weighted by Crippen LogP contribution is 2.23. The summed E-state index contributed by atoms with van der Waals surface area (Å²) in [6.45, 7) is 3.23. The molecule has 0 radical (unpaired) electrons. The SMILES string of the molecule is CCCNc1ccnc(CSc2ccc(CO)cc2)c1. The number of hydrogen-bond acceptors (Lipinski definition) is 4. The van der Waals surface area contributed by atoms with Gasteiger partial charge in [0.2, 0.25) is 0 Å². The van der Waals surface area contributed by atoms with E-state index in [4.69, 9.17) is 5.11 Å². The first-order valence-electron chi connectivity index (χ1n) is 6.83. The molecule has 2 aromatic rings. The lowest BCUT2D eigenvalue weighted by atomic mass is 10.2. The summed E-state index contributed by atoms with van der Waals surface area (Å²) in [5.74, 6) is 0.847. The molecule has 1 aromatic heterocycles. The number of nitrogens with one attached hydrogen (secondary N) is 1. The quantitative estimate of drug-likeness (QED) is 0.763. The second kappa shape index (κ2) is 7.92. The van der Waals surface area contributed by atoms with Crippen LogP contribution < -0.4 is 5.32 Å². The van der Waals surface area contributed by atoms with Crippen LogP contribution in [0.3, 0.4) is 0 Å². The van der Waals surface area contributed by atoms with Crippen molar-refractivity contribution in [2.45, 2.75) is 30.6 Å². The highest BCUT2D eigenvalue weighted by molar-refractivity contribution is 7.98. The van der Waals surface area contributed by atoms with Gasteiger partial charge in [-0.05, 0) is 36.2 Å². The molecule has 0 aliphatic heterocycles. The monoisotopic (exact) mass is 288 g/mol. The topological polar surface area (TPSA) is 45.2 Å². The molecule has 0 saturated heterocycles. The molecule has 4 heteroatoms. The molecule has 1 aromatic carbocycles. The van der Waals surface area contributed by atoms with Crippen LogP contribution in [0.15, 0.2) is 47.5 Å². The van der Waals surface area contributed by atoms with Crippen LogP contribution in [-0.4, -0.2) is 16.6 Å². The first-order valence-corrected chi connectivity index (χ1v) is 7.81. The number of aromatic nitrogens is 1. The third-order valence-corrected chi connectivity index (χ3v) is 3.93. The van der Waals surface area contributed by atoms with Crippen LogP contribution >= 0.6 is 11.8 Å². The van der Waals surface area contributed by atoms with E-state index in [1.165, 1.54) is 4.90 Å². The summed E-state index contributed by atoms with van der Waals surface area (Å²) in [6, 6.07) is 12.1. The maximum absolute atomic E-state index is 9.01. The fourth-order valence-electron chi connectivity index (χ4n) is 1.78. The van der Waals surface area contributed by atoms with Gasteiger partial charge in [0.25, 0.3) is 0 Å². The molecule has 2 N–H and O–H groups in total. The van der Waals surface area contributed by atoms with Crippen LogP contribution in [0.5, 0.6) is 0 Å². The van der Waals surface area contributed by atoms with Crippen molar-refractivity contribution in [2.24, 2.45) is 0 Å². The Morgan fingerprint density at radius 1 is 1.20 bits per heavy atom. The Morgan fingerprint density at radius 2 is 2.00 bits per heavy atom. The first-order chi connectivity index (χ1) is 9.81. The molecule has 0 spiro atoms. The van der Waals surface area contributed by atoms with Crippen molar-refractivity contribution in [3.63, 3.8) is 0 Å². The Kier molecular flexibility index (Phi) is 5.89.